The number of hydrogen-bond acceptors (Lipinski definition) is 3. The molecule has 0 radical (unpaired) electrons. The van der Waals surface area contributed by atoms with E-state index in [1.807, 2.05) is 52.0 Å². The van der Waals surface area contributed by atoms with Gasteiger partial charge in [-0.15, -0.1) is 0 Å². The van der Waals surface area contributed by atoms with Gasteiger partial charge in [-0.25, -0.2) is 0 Å². The van der Waals surface area contributed by atoms with Gasteiger partial charge in [0, 0.05) is 11.8 Å². The smallest absolute Gasteiger partial charge is 0.252 e. The number of nitrogens with two attached hydrogens (primary N) is 1. The van der Waals surface area contributed by atoms with Gasteiger partial charge >= 0.3 is 0 Å². The van der Waals surface area contributed by atoms with E-state index in [9.17, 15) is 9.59 Å². The number of primary amides is 1. The zero-order valence-electron chi connectivity index (χ0n) is 14.1. The van der Waals surface area contributed by atoms with Crippen molar-refractivity contribution < 1.29 is 9.59 Å². The molecule has 0 aliphatic carbocycles. The van der Waals surface area contributed by atoms with Gasteiger partial charge < -0.3 is 5.73 Å². The number of Topliss-reactive ketones (excluding diaryl/α,β-unsaturated/α-hetero) is 1. The number of hydrogen-bond donors (Lipinski definition) is 1. The third-order valence-electron chi connectivity index (χ3n) is 3.96. The van der Waals surface area contributed by atoms with Crippen LogP contribution in [0.1, 0.15) is 48.0 Å². The second-order valence-electron chi connectivity index (χ2n) is 6.80. The molecule has 1 aromatic carbocycles. The van der Waals surface area contributed by atoms with Crippen molar-refractivity contribution in [3.63, 3.8) is 0 Å². The number of benzene rings is 1. The molecule has 1 heterocycles. The molecule has 23 heavy (non-hydrogen) atoms. The molecule has 5 heteroatoms. The van der Waals surface area contributed by atoms with Crippen molar-refractivity contribution in [3.8, 4) is 0 Å². The second kappa shape index (κ2) is 6.36. The van der Waals surface area contributed by atoms with E-state index in [4.69, 9.17) is 5.73 Å². The molecule has 2 N–H and O–H groups in total. The standard InChI is InChI=1S/C18H23N3O2/c1-12-7-5-6-8-13(12)11-21-15(9-16(22)18(2,3)4)14(10-20-21)17(19)23/h5-8,10H,9,11H2,1-4H3,(H2,19,23). The molecule has 2 rings (SSSR count). The molecule has 1 amide bonds. The van der Waals surface area contributed by atoms with Crippen LogP contribution in [0.15, 0.2) is 30.5 Å². The van der Waals surface area contributed by atoms with E-state index in [1.54, 1.807) is 4.68 Å². The zero-order chi connectivity index (χ0) is 17.2. The van der Waals surface area contributed by atoms with Gasteiger partial charge in [-0.2, -0.15) is 5.10 Å². The minimum absolute atomic E-state index is 0.0477. The van der Waals surface area contributed by atoms with Gasteiger partial charge in [-0.1, -0.05) is 45.0 Å². The fourth-order valence-electron chi connectivity index (χ4n) is 2.31. The maximum absolute atomic E-state index is 12.4. The van der Waals surface area contributed by atoms with Crippen LogP contribution < -0.4 is 5.73 Å². The Bertz CT molecular complexity index is 739. The molecule has 0 unspecified atom stereocenters. The van der Waals surface area contributed by atoms with Gasteiger partial charge in [0.25, 0.3) is 5.91 Å². The molecule has 0 saturated carbocycles. The third-order valence-corrected chi connectivity index (χ3v) is 3.96. The molecule has 0 atom stereocenters. The van der Waals surface area contributed by atoms with Crippen molar-refractivity contribution in [2.24, 2.45) is 11.1 Å². The molecule has 0 spiro atoms. The van der Waals surface area contributed by atoms with Crippen LogP contribution in [-0.4, -0.2) is 21.5 Å². The summed E-state index contributed by atoms with van der Waals surface area (Å²) in [5.74, 6) is -0.510. The minimum atomic E-state index is -0.558. The van der Waals surface area contributed by atoms with Crippen molar-refractivity contribution in [3.05, 3.63) is 52.8 Å². The largest absolute Gasteiger partial charge is 0.365 e. The van der Waals surface area contributed by atoms with Gasteiger partial charge in [-0.3, -0.25) is 14.3 Å². The molecule has 0 aliphatic rings. The Kier molecular flexibility index (Phi) is 4.68. The number of rotatable bonds is 5. The van der Waals surface area contributed by atoms with E-state index in [0.717, 1.165) is 11.1 Å². The fourth-order valence-corrected chi connectivity index (χ4v) is 2.31. The first-order chi connectivity index (χ1) is 10.7. The van der Waals surface area contributed by atoms with Crippen molar-refractivity contribution in [2.75, 3.05) is 0 Å². The van der Waals surface area contributed by atoms with E-state index < -0.39 is 11.3 Å². The van der Waals surface area contributed by atoms with E-state index in [2.05, 4.69) is 5.10 Å². The van der Waals surface area contributed by atoms with Crippen LogP contribution in [-0.2, 0) is 17.8 Å². The highest BCUT2D eigenvalue weighted by atomic mass is 16.1. The van der Waals surface area contributed by atoms with Gasteiger partial charge in [0.05, 0.1) is 24.0 Å². The average molecular weight is 313 g/mol. The summed E-state index contributed by atoms with van der Waals surface area (Å²) in [6.45, 7) is 8.12. The molecular formula is C18H23N3O2. The highest BCUT2D eigenvalue weighted by molar-refractivity contribution is 5.96. The highest BCUT2D eigenvalue weighted by Crippen LogP contribution is 2.21. The van der Waals surface area contributed by atoms with Gasteiger partial charge in [-0.05, 0) is 18.1 Å². The first-order valence-electron chi connectivity index (χ1n) is 7.62. The number of aromatic nitrogens is 2. The van der Waals surface area contributed by atoms with Crippen LogP contribution in [0, 0.1) is 12.3 Å². The lowest BCUT2D eigenvalue weighted by atomic mass is 9.87. The number of carbonyl (C=O) groups is 2. The predicted molar refractivity (Wildman–Crippen MR) is 89.2 cm³/mol. The highest BCUT2D eigenvalue weighted by Gasteiger charge is 2.25. The van der Waals surface area contributed by atoms with Crippen LogP contribution in [0.2, 0.25) is 0 Å². The Balaban J connectivity index is 2.39. The molecule has 1 aromatic heterocycles. The molecular weight excluding hydrogens is 290 g/mol. The Hall–Kier alpha value is -2.43. The Morgan fingerprint density at radius 2 is 1.87 bits per heavy atom. The van der Waals surface area contributed by atoms with Crippen LogP contribution in [0.5, 0.6) is 0 Å². The monoisotopic (exact) mass is 313 g/mol. The molecule has 2 aromatic rings. The first-order valence-corrected chi connectivity index (χ1v) is 7.62. The maximum atomic E-state index is 12.4. The second-order valence-corrected chi connectivity index (χ2v) is 6.80. The SMILES string of the molecule is Cc1ccccc1Cn1ncc(C(N)=O)c1CC(=O)C(C)(C)C. The molecule has 0 fully saturated rings. The molecule has 0 bridgehead atoms. The number of nitrogens with zero attached hydrogens (tertiary/aromatic N) is 2. The zero-order valence-corrected chi connectivity index (χ0v) is 14.1. The van der Waals surface area contributed by atoms with Crippen molar-refractivity contribution in [2.45, 2.75) is 40.7 Å². The number of ketones is 1. The first kappa shape index (κ1) is 16.9. The number of aryl methyl sites for hydroxylation is 1. The lowest BCUT2D eigenvalue weighted by Gasteiger charge is -2.18. The minimum Gasteiger partial charge on any atom is -0.365 e. The van der Waals surface area contributed by atoms with E-state index >= 15 is 0 Å². The summed E-state index contributed by atoms with van der Waals surface area (Å²) >= 11 is 0. The third kappa shape index (κ3) is 3.86. The summed E-state index contributed by atoms with van der Waals surface area (Å²) in [5, 5.41) is 4.27. The number of amides is 1. The van der Waals surface area contributed by atoms with Crippen LogP contribution in [0.3, 0.4) is 0 Å². The van der Waals surface area contributed by atoms with Gasteiger partial charge in [0.15, 0.2) is 0 Å². The van der Waals surface area contributed by atoms with Crippen LogP contribution in [0.25, 0.3) is 0 Å². The van der Waals surface area contributed by atoms with Crippen LogP contribution in [0.4, 0.5) is 0 Å². The molecule has 5 nitrogen and oxygen atoms in total. The van der Waals surface area contributed by atoms with Crippen molar-refractivity contribution in [1.29, 1.82) is 0 Å². The Morgan fingerprint density at radius 1 is 1.22 bits per heavy atom. The van der Waals surface area contributed by atoms with E-state index in [0.29, 0.717) is 17.8 Å². The summed E-state index contributed by atoms with van der Waals surface area (Å²) in [4.78, 5) is 24.0. The molecule has 0 saturated heterocycles. The summed E-state index contributed by atoms with van der Waals surface area (Å²) in [7, 11) is 0. The van der Waals surface area contributed by atoms with E-state index in [1.165, 1.54) is 6.20 Å². The Labute approximate surface area is 136 Å². The van der Waals surface area contributed by atoms with E-state index in [-0.39, 0.29) is 12.2 Å². The Morgan fingerprint density at radius 3 is 2.43 bits per heavy atom. The summed E-state index contributed by atoms with van der Waals surface area (Å²) in [5.41, 5.74) is 8.08. The number of carbonyl (C=O) groups excluding carboxylic acids is 2. The van der Waals surface area contributed by atoms with Crippen LogP contribution >= 0.6 is 0 Å². The van der Waals surface area contributed by atoms with Crippen molar-refractivity contribution >= 4 is 11.7 Å². The lowest BCUT2D eigenvalue weighted by Crippen LogP contribution is -2.25. The normalized spacial score (nSPS) is 11.5. The quantitative estimate of drug-likeness (QED) is 0.921. The maximum Gasteiger partial charge on any atom is 0.252 e. The summed E-state index contributed by atoms with van der Waals surface area (Å²) in [6, 6.07) is 7.96. The summed E-state index contributed by atoms with van der Waals surface area (Å²) in [6.07, 6.45) is 1.60. The predicted octanol–water partition coefficient (Wildman–Crippen LogP) is 2.50. The topological polar surface area (TPSA) is 78.0 Å². The van der Waals surface area contributed by atoms with Crippen molar-refractivity contribution in [1.82, 2.24) is 9.78 Å². The molecule has 122 valence electrons. The molecule has 0 aliphatic heterocycles. The fraction of sp³-hybridized carbons (Fsp3) is 0.389. The van der Waals surface area contributed by atoms with Gasteiger partial charge in [0.1, 0.15) is 5.78 Å². The van der Waals surface area contributed by atoms with Gasteiger partial charge in [0.2, 0.25) is 0 Å². The summed E-state index contributed by atoms with van der Waals surface area (Å²) < 4.78 is 1.70. The lowest BCUT2D eigenvalue weighted by molar-refractivity contribution is -0.125. The average Bonchev–Trinajstić information content (AvgIpc) is 2.83.